The molecule has 3 rings (SSSR count). The molecule has 0 radical (unpaired) electrons. The lowest BCUT2D eigenvalue weighted by atomic mass is 10.1. The van der Waals surface area contributed by atoms with Gasteiger partial charge in [0.25, 0.3) is 0 Å². The number of carbonyl (C=O) groups is 1. The molecule has 1 saturated carbocycles. The van der Waals surface area contributed by atoms with Crippen molar-refractivity contribution in [3.8, 4) is 0 Å². The summed E-state index contributed by atoms with van der Waals surface area (Å²) in [6.07, 6.45) is 2.02. The summed E-state index contributed by atoms with van der Waals surface area (Å²) < 4.78 is 18.2. The van der Waals surface area contributed by atoms with Gasteiger partial charge in [-0.1, -0.05) is 12.1 Å². The maximum absolute atomic E-state index is 13.3. The molecule has 25 heavy (non-hydrogen) atoms. The molecule has 1 N–H and O–H groups in total. The summed E-state index contributed by atoms with van der Waals surface area (Å²) in [5, 5.41) is 14.4. The van der Waals surface area contributed by atoms with Crippen LogP contribution in [0.4, 0.5) is 15.9 Å². The Morgan fingerprint density at radius 2 is 2.28 bits per heavy atom. The first-order valence-electron chi connectivity index (χ1n) is 7.83. The number of anilines is 1. The van der Waals surface area contributed by atoms with Crippen molar-refractivity contribution in [3.63, 3.8) is 0 Å². The van der Waals surface area contributed by atoms with Gasteiger partial charge in [0.1, 0.15) is 11.4 Å². The van der Waals surface area contributed by atoms with Gasteiger partial charge >= 0.3 is 11.7 Å². The van der Waals surface area contributed by atoms with Crippen molar-refractivity contribution in [2.45, 2.75) is 25.3 Å². The summed E-state index contributed by atoms with van der Waals surface area (Å²) >= 11 is 0. The van der Waals surface area contributed by atoms with Crippen LogP contribution in [0.1, 0.15) is 35.2 Å². The fourth-order valence-corrected chi connectivity index (χ4v) is 2.75. The normalized spacial score (nSPS) is 18.5. The highest BCUT2D eigenvalue weighted by atomic mass is 19.1. The van der Waals surface area contributed by atoms with Gasteiger partial charge in [-0.05, 0) is 37.1 Å². The number of rotatable bonds is 6. The second-order valence-electron chi connectivity index (χ2n) is 5.68. The molecule has 0 unspecified atom stereocenters. The third-order valence-corrected chi connectivity index (χ3v) is 3.99. The van der Waals surface area contributed by atoms with E-state index in [0.29, 0.717) is 6.42 Å². The molecule has 1 aromatic carbocycles. The SMILES string of the molecule is CCOC(=O)c1ccnc(N[C@@H]2C[C@H]2c2cccc(F)c2)c1[N+](=O)[O-]. The number of benzene rings is 1. The van der Waals surface area contributed by atoms with E-state index >= 15 is 0 Å². The van der Waals surface area contributed by atoms with Gasteiger partial charge in [-0.15, -0.1) is 0 Å². The molecule has 0 spiro atoms. The van der Waals surface area contributed by atoms with Crippen LogP contribution in [0, 0.1) is 15.9 Å². The summed E-state index contributed by atoms with van der Waals surface area (Å²) in [5.74, 6) is -1.03. The Morgan fingerprint density at radius 3 is 2.96 bits per heavy atom. The van der Waals surface area contributed by atoms with Crippen LogP contribution in [0.3, 0.4) is 0 Å². The number of aromatic nitrogens is 1. The van der Waals surface area contributed by atoms with Gasteiger partial charge in [0.15, 0.2) is 0 Å². The molecule has 1 aliphatic carbocycles. The lowest BCUT2D eigenvalue weighted by Crippen LogP contribution is -2.13. The molecule has 1 aromatic heterocycles. The molecular weight excluding hydrogens is 329 g/mol. The number of hydrogen-bond acceptors (Lipinski definition) is 6. The van der Waals surface area contributed by atoms with Crippen LogP contribution in [0.15, 0.2) is 36.5 Å². The maximum atomic E-state index is 13.3. The van der Waals surface area contributed by atoms with Crippen LogP contribution >= 0.6 is 0 Å². The largest absolute Gasteiger partial charge is 0.462 e. The summed E-state index contributed by atoms with van der Waals surface area (Å²) in [6, 6.07) is 7.41. The Hall–Kier alpha value is -3.03. The zero-order valence-corrected chi connectivity index (χ0v) is 13.4. The minimum atomic E-state index is -0.767. The number of nitro groups is 1. The van der Waals surface area contributed by atoms with Crippen LogP contribution in [0.25, 0.3) is 0 Å². The number of carbonyl (C=O) groups excluding carboxylic acids is 1. The van der Waals surface area contributed by atoms with E-state index in [1.54, 1.807) is 13.0 Å². The number of ether oxygens (including phenoxy) is 1. The average molecular weight is 345 g/mol. The van der Waals surface area contributed by atoms with Gasteiger partial charge in [-0.3, -0.25) is 10.1 Å². The topological polar surface area (TPSA) is 94.4 Å². The van der Waals surface area contributed by atoms with Gasteiger partial charge in [-0.25, -0.2) is 14.2 Å². The fourth-order valence-electron chi connectivity index (χ4n) is 2.75. The molecule has 0 saturated heterocycles. The number of nitrogens with zero attached hydrogens (tertiary/aromatic N) is 2. The van der Waals surface area contributed by atoms with Crippen LogP contribution in [-0.2, 0) is 4.74 Å². The lowest BCUT2D eigenvalue weighted by Gasteiger charge is -2.09. The highest BCUT2D eigenvalue weighted by Crippen LogP contribution is 2.44. The standard InChI is InChI=1S/C17H16FN3O4/c1-2-25-17(22)12-6-7-19-16(15(12)21(23)24)20-14-9-13(14)10-4-3-5-11(18)8-10/h3-8,13-14H,2,9H2,1H3,(H,19,20)/t13-,14+/m0/s1. The van der Waals surface area contributed by atoms with Crippen LogP contribution < -0.4 is 5.32 Å². The van der Waals surface area contributed by atoms with Crippen LogP contribution in [-0.4, -0.2) is 28.5 Å². The van der Waals surface area contributed by atoms with Crippen molar-refractivity contribution in [1.82, 2.24) is 4.98 Å². The highest BCUT2D eigenvalue weighted by molar-refractivity contribution is 5.96. The van der Waals surface area contributed by atoms with Gasteiger partial charge in [0.05, 0.1) is 11.5 Å². The first kappa shape index (κ1) is 16.8. The Labute approximate surface area is 143 Å². The molecule has 130 valence electrons. The second kappa shape index (κ2) is 6.84. The molecule has 1 heterocycles. The quantitative estimate of drug-likeness (QED) is 0.490. The van der Waals surface area contributed by atoms with E-state index in [1.165, 1.54) is 24.4 Å². The molecule has 0 bridgehead atoms. The van der Waals surface area contributed by atoms with E-state index in [-0.39, 0.29) is 35.8 Å². The first-order valence-corrected chi connectivity index (χ1v) is 7.83. The number of esters is 1. The van der Waals surface area contributed by atoms with E-state index in [4.69, 9.17) is 4.74 Å². The maximum Gasteiger partial charge on any atom is 0.345 e. The van der Waals surface area contributed by atoms with E-state index in [1.807, 2.05) is 6.07 Å². The molecule has 8 heteroatoms. The molecule has 0 amide bonds. The minimum absolute atomic E-state index is 0.0134. The molecule has 1 aliphatic rings. The molecule has 0 aliphatic heterocycles. The van der Waals surface area contributed by atoms with E-state index in [2.05, 4.69) is 10.3 Å². The first-order chi connectivity index (χ1) is 12.0. The highest BCUT2D eigenvalue weighted by Gasteiger charge is 2.40. The summed E-state index contributed by atoms with van der Waals surface area (Å²) in [7, 11) is 0. The van der Waals surface area contributed by atoms with Crippen LogP contribution in [0.2, 0.25) is 0 Å². The zero-order valence-electron chi connectivity index (χ0n) is 13.4. The summed E-state index contributed by atoms with van der Waals surface area (Å²) in [6.45, 7) is 1.74. The Balaban J connectivity index is 1.83. The second-order valence-corrected chi connectivity index (χ2v) is 5.68. The van der Waals surface area contributed by atoms with Crippen LogP contribution in [0.5, 0.6) is 0 Å². The third kappa shape index (κ3) is 3.57. The fraction of sp³-hybridized carbons (Fsp3) is 0.294. The van der Waals surface area contributed by atoms with Gasteiger partial charge in [-0.2, -0.15) is 0 Å². The number of halogens is 1. The van der Waals surface area contributed by atoms with Crippen molar-refractivity contribution in [2.75, 3.05) is 11.9 Å². The third-order valence-electron chi connectivity index (χ3n) is 3.99. The monoisotopic (exact) mass is 345 g/mol. The summed E-state index contributed by atoms with van der Waals surface area (Å²) in [5.41, 5.74) is 0.264. The number of nitrogens with one attached hydrogen (secondary N) is 1. The number of pyridine rings is 1. The average Bonchev–Trinajstić information content (AvgIpc) is 3.34. The van der Waals surface area contributed by atoms with Crippen molar-refractivity contribution in [3.05, 3.63) is 63.6 Å². The molecule has 7 nitrogen and oxygen atoms in total. The predicted octanol–water partition coefficient (Wildman–Crippen LogP) is 3.27. The molecule has 2 atom stereocenters. The van der Waals surface area contributed by atoms with Crippen molar-refractivity contribution < 1.29 is 18.8 Å². The van der Waals surface area contributed by atoms with E-state index in [0.717, 1.165) is 5.56 Å². The number of hydrogen-bond donors (Lipinski definition) is 1. The van der Waals surface area contributed by atoms with Crippen molar-refractivity contribution in [2.24, 2.45) is 0 Å². The molecule has 1 fully saturated rings. The van der Waals surface area contributed by atoms with Gasteiger partial charge in [0.2, 0.25) is 5.82 Å². The lowest BCUT2D eigenvalue weighted by molar-refractivity contribution is -0.384. The zero-order chi connectivity index (χ0) is 18.0. The minimum Gasteiger partial charge on any atom is -0.462 e. The molecular formula is C17H16FN3O4. The van der Waals surface area contributed by atoms with Gasteiger partial charge < -0.3 is 10.1 Å². The Kier molecular flexibility index (Phi) is 4.60. The van der Waals surface area contributed by atoms with Crippen molar-refractivity contribution >= 4 is 17.5 Å². The smallest absolute Gasteiger partial charge is 0.345 e. The Bertz CT molecular complexity index is 827. The van der Waals surface area contributed by atoms with Crippen molar-refractivity contribution in [1.29, 1.82) is 0 Å². The van der Waals surface area contributed by atoms with E-state index in [9.17, 15) is 19.3 Å². The summed E-state index contributed by atoms with van der Waals surface area (Å²) in [4.78, 5) is 26.7. The molecule has 2 aromatic rings. The predicted molar refractivity (Wildman–Crippen MR) is 88.0 cm³/mol. The Morgan fingerprint density at radius 1 is 1.48 bits per heavy atom. The van der Waals surface area contributed by atoms with Gasteiger partial charge in [0, 0.05) is 18.2 Å². The van der Waals surface area contributed by atoms with E-state index < -0.39 is 16.6 Å².